The smallest absolute Gasteiger partial charge is 0.269 e. The van der Waals surface area contributed by atoms with E-state index in [1.807, 2.05) is 12.1 Å². The number of hydrogen-bond donors (Lipinski definition) is 3. The van der Waals surface area contributed by atoms with E-state index in [-0.39, 0.29) is 18.4 Å². The summed E-state index contributed by atoms with van der Waals surface area (Å²) in [4.78, 5) is 29.3. The summed E-state index contributed by atoms with van der Waals surface area (Å²) in [6.45, 7) is 3.34. The van der Waals surface area contributed by atoms with Crippen molar-refractivity contribution in [1.29, 1.82) is 0 Å². The van der Waals surface area contributed by atoms with Crippen LogP contribution in [-0.4, -0.2) is 30.8 Å². The summed E-state index contributed by atoms with van der Waals surface area (Å²) in [6, 6.07) is 14.2. The highest BCUT2D eigenvalue weighted by Gasteiger charge is 2.17. The van der Waals surface area contributed by atoms with Crippen LogP contribution >= 0.6 is 11.5 Å². The molecule has 8 nitrogen and oxygen atoms in total. The van der Waals surface area contributed by atoms with Gasteiger partial charge in [-0.05, 0) is 59.6 Å². The van der Waals surface area contributed by atoms with Gasteiger partial charge in [0, 0.05) is 11.9 Å². The van der Waals surface area contributed by atoms with Crippen molar-refractivity contribution in [2.45, 2.75) is 6.61 Å². The second kappa shape index (κ2) is 8.27. The molecule has 2 aromatic heterocycles. The average molecular weight is 419 g/mol. The quantitative estimate of drug-likeness (QED) is 0.415. The van der Waals surface area contributed by atoms with Gasteiger partial charge in [0.2, 0.25) is 11.9 Å². The van der Waals surface area contributed by atoms with Crippen LogP contribution in [0, 0.1) is 0 Å². The van der Waals surface area contributed by atoms with Crippen molar-refractivity contribution in [3.8, 4) is 5.69 Å². The van der Waals surface area contributed by atoms with E-state index in [0.717, 1.165) is 17.0 Å². The summed E-state index contributed by atoms with van der Waals surface area (Å²) in [5, 5.41) is 15.0. The van der Waals surface area contributed by atoms with Gasteiger partial charge >= 0.3 is 0 Å². The lowest BCUT2D eigenvalue weighted by Crippen LogP contribution is -2.14. The first-order valence-electron chi connectivity index (χ1n) is 8.97. The molecule has 4 rings (SSSR count). The van der Waals surface area contributed by atoms with E-state index in [0.29, 0.717) is 33.3 Å². The van der Waals surface area contributed by atoms with Gasteiger partial charge < -0.3 is 10.4 Å². The average Bonchev–Trinajstić information content (AvgIpc) is 3.41. The molecule has 2 amide bonds. The molecular weight excluding hydrogens is 402 g/mol. The highest BCUT2D eigenvalue weighted by Crippen LogP contribution is 2.27. The van der Waals surface area contributed by atoms with Crippen LogP contribution < -0.4 is 10.6 Å². The SMILES string of the molecule is C=CC(=O)Nc1cccc(-n2c(NC(=O)c3ccns3)nc3cc(CO)ccc32)c1. The van der Waals surface area contributed by atoms with E-state index < -0.39 is 0 Å². The number of hydrogen-bond acceptors (Lipinski definition) is 6. The Bertz CT molecular complexity index is 1250. The van der Waals surface area contributed by atoms with Crippen molar-refractivity contribution in [2.75, 3.05) is 10.6 Å². The zero-order chi connectivity index (χ0) is 21.1. The van der Waals surface area contributed by atoms with Crippen LogP contribution in [0.2, 0.25) is 0 Å². The number of benzene rings is 2. The van der Waals surface area contributed by atoms with Crippen molar-refractivity contribution in [3.63, 3.8) is 0 Å². The maximum absolute atomic E-state index is 12.6. The van der Waals surface area contributed by atoms with Crippen LogP contribution in [-0.2, 0) is 11.4 Å². The zero-order valence-corrected chi connectivity index (χ0v) is 16.5. The third-order valence-electron chi connectivity index (χ3n) is 4.35. The Hall–Kier alpha value is -3.82. The molecule has 30 heavy (non-hydrogen) atoms. The fraction of sp³-hybridized carbons (Fsp3) is 0.0476. The molecule has 0 saturated carbocycles. The summed E-state index contributed by atoms with van der Waals surface area (Å²) in [5.74, 6) is -0.341. The minimum atomic E-state index is -0.326. The lowest BCUT2D eigenvalue weighted by molar-refractivity contribution is -0.111. The van der Waals surface area contributed by atoms with Crippen LogP contribution in [0.3, 0.4) is 0 Å². The van der Waals surface area contributed by atoms with Crippen LogP contribution in [0.5, 0.6) is 0 Å². The first-order valence-corrected chi connectivity index (χ1v) is 9.74. The van der Waals surface area contributed by atoms with Gasteiger partial charge in [-0.15, -0.1) is 0 Å². The third-order valence-corrected chi connectivity index (χ3v) is 5.09. The molecule has 3 N–H and O–H groups in total. The summed E-state index contributed by atoms with van der Waals surface area (Å²) >= 11 is 1.09. The number of aromatic nitrogens is 3. The number of amides is 2. The number of imidazole rings is 1. The Morgan fingerprint density at radius 3 is 2.77 bits per heavy atom. The number of nitrogens with one attached hydrogen (secondary N) is 2. The standard InChI is InChI=1S/C21H17N5O3S/c1-2-19(28)23-14-4-3-5-15(11-14)26-17-7-6-13(12-27)10-16(17)24-21(26)25-20(29)18-8-9-22-30-18/h2-11,27H,1,12H2,(H,23,28)(H,24,25,29). The fourth-order valence-corrected chi connectivity index (χ4v) is 3.47. The van der Waals surface area contributed by atoms with E-state index >= 15 is 0 Å². The summed E-state index contributed by atoms with van der Waals surface area (Å²) in [7, 11) is 0. The molecule has 0 saturated heterocycles. The van der Waals surface area contributed by atoms with Gasteiger partial charge in [-0.25, -0.2) is 9.36 Å². The molecule has 0 bridgehead atoms. The first-order chi connectivity index (χ1) is 14.6. The molecule has 0 aliphatic heterocycles. The van der Waals surface area contributed by atoms with Crippen LogP contribution in [0.15, 0.2) is 67.4 Å². The predicted octanol–water partition coefficient (Wildman–Crippen LogP) is 3.35. The molecule has 0 spiro atoms. The summed E-state index contributed by atoms with van der Waals surface area (Å²) < 4.78 is 5.73. The normalized spacial score (nSPS) is 10.7. The highest BCUT2D eigenvalue weighted by molar-refractivity contribution is 7.08. The van der Waals surface area contributed by atoms with Crippen molar-refractivity contribution in [2.24, 2.45) is 0 Å². The molecule has 0 radical (unpaired) electrons. The minimum absolute atomic E-state index is 0.117. The van der Waals surface area contributed by atoms with E-state index in [4.69, 9.17) is 0 Å². The Kier molecular flexibility index (Phi) is 5.38. The lowest BCUT2D eigenvalue weighted by atomic mass is 10.2. The van der Waals surface area contributed by atoms with Gasteiger partial charge in [0.05, 0.1) is 23.3 Å². The van der Waals surface area contributed by atoms with Crippen LogP contribution in [0.25, 0.3) is 16.7 Å². The molecule has 0 unspecified atom stereocenters. The molecule has 0 atom stereocenters. The number of aliphatic hydroxyl groups excluding tert-OH is 1. The van der Waals surface area contributed by atoms with Crippen molar-refractivity contribution >= 4 is 46.0 Å². The second-order valence-electron chi connectivity index (χ2n) is 6.33. The Morgan fingerprint density at radius 1 is 1.17 bits per heavy atom. The molecule has 2 heterocycles. The fourth-order valence-electron chi connectivity index (χ4n) is 2.98. The minimum Gasteiger partial charge on any atom is -0.392 e. The molecular formula is C21H17N5O3S. The monoisotopic (exact) mass is 419 g/mol. The highest BCUT2D eigenvalue weighted by atomic mass is 32.1. The third kappa shape index (κ3) is 3.84. The molecule has 4 aromatic rings. The van der Waals surface area contributed by atoms with E-state index in [9.17, 15) is 14.7 Å². The molecule has 0 fully saturated rings. The van der Waals surface area contributed by atoms with Crippen molar-refractivity contribution < 1.29 is 14.7 Å². The number of carbonyl (C=O) groups excluding carboxylic acids is 2. The zero-order valence-electron chi connectivity index (χ0n) is 15.7. The van der Waals surface area contributed by atoms with Crippen molar-refractivity contribution in [1.82, 2.24) is 13.9 Å². The number of nitrogens with zero attached hydrogens (tertiary/aromatic N) is 3. The van der Waals surface area contributed by atoms with E-state index in [1.165, 1.54) is 6.08 Å². The lowest BCUT2D eigenvalue weighted by Gasteiger charge is -2.12. The Balaban J connectivity index is 1.82. The summed E-state index contributed by atoms with van der Waals surface area (Å²) in [6.07, 6.45) is 2.75. The molecule has 9 heteroatoms. The molecule has 2 aromatic carbocycles. The largest absolute Gasteiger partial charge is 0.392 e. The Morgan fingerprint density at radius 2 is 2.03 bits per heavy atom. The molecule has 150 valence electrons. The van der Waals surface area contributed by atoms with Crippen LogP contribution in [0.4, 0.5) is 11.6 Å². The van der Waals surface area contributed by atoms with Gasteiger partial charge in [-0.1, -0.05) is 18.7 Å². The van der Waals surface area contributed by atoms with Gasteiger partial charge in [0.25, 0.3) is 5.91 Å². The second-order valence-corrected chi connectivity index (χ2v) is 7.16. The predicted molar refractivity (Wildman–Crippen MR) is 116 cm³/mol. The number of rotatable bonds is 6. The number of anilines is 2. The number of aliphatic hydroxyl groups is 1. The summed E-state index contributed by atoms with van der Waals surface area (Å²) in [5.41, 5.74) is 3.32. The van der Waals surface area contributed by atoms with Gasteiger partial charge in [0.1, 0.15) is 4.88 Å². The van der Waals surface area contributed by atoms with Gasteiger partial charge in [-0.3, -0.25) is 19.5 Å². The Labute approximate surface area is 175 Å². The van der Waals surface area contributed by atoms with Gasteiger partial charge in [0.15, 0.2) is 0 Å². The molecule has 0 aliphatic rings. The number of fused-ring (bicyclic) bond motifs is 1. The van der Waals surface area contributed by atoms with E-state index in [2.05, 4.69) is 26.6 Å². The van der Waals surface area contributed by atoms with Gasteiger partial charge in [-0.2, -0.15) is 0 Å². The van der Waals surface area contributed by atoms with Crippen LogP contribution in [0.1, 0.15) is 15.2 Å². The maximum atomic E-state index is 12.6. The topological polar surface area (TPSA) is 109 Å². The molecule has 0 aliphatic carbocycles. The first kappa shape index (κ1) is 19.5. The number of carbonyl (C=O) groups is 2. The van der Waals surface area contributed by atoms with Crippen molar-refractivity contribution in [3.05, 3.63) is 77.8 Å². The van der Waals surface area contributed by atoms with E-state index in [1.54, 1.807) is 47.2 Å². The maximum Gasteiger partial charge on any atom is 0.269 e.